The van der Waals surface area contributed by atoms with Gasteiger partial charge < -0.3 is 5.73 Å². The fourth-order valence-electron chi connectivity index (χ4n) is 1.24. The van der Waals surface area contributed by atoms with Crippen LogP contribution in [0.1, 0.15) is 11.4 Å². The molecule has 2 rings (SSSR count). The minimum absolute atomic E-state index is 0.122. The molecule has 0 atom stereocenters. The van der Waals surface area contributed by atoms with Gasteiger partial charge in [-0.3, -0.25) is 10.7 Å². The number of aromatic nitrogens is 2. The van der Waals surface area contributed by atoms with Crippen molar-refractivity contribution in [2.45, 2.75) is 6.92 Å². The maximum Gasteiger partial charge on any atom is 0.182 e. The van der Waals surface area contributed by atoms with Crippen molar-refractivity contribution in [3.8, 4) is 0 Å². The van der Waals surface area contributed by atoms with Crippen LogP contribution in [0.3, 0.4) is 0 Å². The quantitative estimate of drug-likeness (QED) is 0.439. The summed E-state index contributed by atoms with van der Waals surface area (Å²) in [5.74, 6) is 0.122. The van der Waals surface area contributed by atoms with Crippen LogP contribution >= 0.6 is 11.6 Å². The molecule has 0 amide bonds. The van der Waals surface area contributed by atoms with Gasteiger partial charge in [0.05, 0.1) is 10.7 Å². The van der Waals surface area contributed by atoms with E-state index >= 15 is 0 Å². The van der Waals surface area contributed by atoms with Crippen molar-refractivity contribution in [2.75, 3.05) is 7.05 Å². The van der Waals surface area contributed by atoms with Crippen molar-refractivity contribution in [2.24, 2.45) is 10.7 Å². The van der Waals surface area contributed by atoms with Crippen molar-refractivity contribution in [1.29, 1.82) is 0 Å². The van der Waals surface area contributed by atoms with Gasteiger partial charge in [0.2, 0.25) is 0 Å². The molecule has 4 N–H and O–H groups in total. The number of rotatable bonds is 2. The molecule has 0 unspecified atom stereocenters. The standard InChI is InChI=1S/C10H9ClN4O2.CH5N/c1-6-9(15-17-14-6)10(13-16)12-8-5-3-2-4-7(8)11;1-2/h2-5,16H,1H3,(H,12,13);2H2,1H3. The van der Waals surface area contributed by atoms with Crippen LogP contribution in [-0.4, -0.2) is 28.4 Å². The van der Waals surface area contributed by atoms with E-state index in [9.17, 15) is 0 Å². The lowest BCUT2D eigenvalue weighted by atomic mass is 10.3. The van der Waals surface area contributed by atoms with Crippen LogP contribution in [0.15, 0.2) is 33.9 Å². The number of aliphatic imine (C=N–C) groups is 1. The minimum Gasteiger partial charge on any atom is -0.333 e. The van der Waals surface area contributed by atoms with Crippen molar-refractivity contribution >= 4 is 23.1 Å². The summed E-state index contributed by atoms with van der Waals surface area (Å²) in [6.45, 7) is 1.69. The topological polar surface area (TPSA) is 110 Å². The summed E-state index contributed by atoms with van der Waals surface area (Å²) in [5.41, 5.74) is 7.80. The average Bonchev–Trinajstić information content (AvgIpc) is 2.86. The molecule has 2 aromatic rings. The molecule has 7 nitrogen and oxygen atoms in total. The average molecular weight is 284 g/mol. The summed E-state index contributed by atoms with van der Waals surface area (Å²) >= 11 is 5.95. The molecule has 0 fully saturated rings. The number of nitrogens with zero attached hydrogens (tertiary/aromatic N) is 3. The molecule has 0 radical (unpaired) electrons. The first kappa shape index (κ1) is 15.1. The number of nitrogens with one attached hydrogen (secondary N) is 1. The van der Waals surface area contributed by atoms with E-state index in [2.05, 4.69) is 25.7 Å². The summed E-state index contributed by atoms with van der Waals surface area (Å²) < 4.78 is 4.53. The largest absolute Gasteiger partial charge is 0.333 e. The van der Waals surface area contributed by atoms with E-state index in [1.165, 1.54) is 7.05 Å². The second-order valence-corrected chi connectivity index (χ2v) is 3.63. The zero-order valence-corrected chi connectivity index (χ0v) is 11.2. The zero-order chi connectivity index (χ0) is 14.3. The maximum atomic E-state index is 9.04. The minimum atomic E-state index is 0.122. The molecule has 102 valence electrons. The van der Waals surface area contributed by atoms with E-state index in [1.54, 1.807) is 31.2 Å². The fourth-order valence-corrected chi connectivity index (χ4v) is 1.42. The van der Waals surface area contributed by atoms with Crippen molar-refractivity contribution in [3.05, 3.63) is 40.7 Å². The van der Waals surface area contributed by atoms with Crippen molar-refractivity contribution in [3.63, 3.8) is 0 Å². The summed E-state index contributed by atoms with van der Waals surface area (Å²) in [6.07, 6.45) is 0. The van der Waals surface area contributed by atoms with Gasteiger partial charge in [-0.15, -0.1) is 0 Å². The van der Waals surface area contributed by atoms with E-state index in [0.717, 1.165) is 0 Å². The summed E-state index contributed by atoms with van der Waals surface area (Å²) in [7, 11) is 1.50. The van der Waals surface area contributed by atoms with Crippen molar-refractivity contribution < 1.29 is 9.84 Å². The SMILES string of the molecule is CN.Cc1nonc1C(=Nc1ccccc1Cl)NO. The van der Waals surface area contributed by atoms with Gasteiger partial charge in [-0.2, -0.15) is 0 Å². The van der Waals surface area contributed by atoms with Crippen LogP contribution in [0.4, 0.5) is 5.69 Å². The first-order valence-electron chi connectivity index (χ1n) is 5.33. The first-order chi connectivity index (χ1) is 9.22. The Labute approximate surface area is 115 Å². The van der Waals surface area contributed by atoms with Gasteiger partial charge in [0.1, 0.15) is 5.69 Å². The molecule has 0 saturated carbocycles. The van der Waals surface area contributed by atoms with Crippen LogP contribution in [0.2, 0.25) is 5.02 Å². The summed E-state index contributed by atoms with van der Waals surface area (Å²) in [4.78, 5) is 4.14. The Morgan fingerprint density at radius 2 is 2.05 bits per heavy atom. The first-order valence-corrected chi connectivity index (χ1v) is 5.70. The highest BCUT2D eigenvalue weighted by Gasteiger charge is 2.13. The predicted molar refractivity (Wildman–Crippen MR) is 71.7 cm³/mol. The van der Waals surface area contributed by atoms with Crippen LogP contribution in [0, 0.1) is 6.92 Å². The number of nitrogens with two attached hydrogens (primary N) is 1. The summed E-state index contributed by atoms with van der Waals surface area (Å²) in [5, 5.41) is 16.7. The van der Waals surface area contributed by atoms with Crippen LogP contribution < -0.4 is 11.2 Å². The van der Waals surface area contributed by atoms with E-state index < -0.39 is 0 Å². The van der Waals surface area contributed by atoms with Gasteiger partial charge in [-0.25, -0.2) is 9.62 Å². The number of hydroxylamine groups is 1. The number of halogens is 1. The Morgan fingerprint density at radius 3 is 2.58 bits per heavy atom. The molecule has 1 aromatic heterocycles. The third-order valence-corrected chi connectivity index (χ3v) is 2.39. The smallest absolute Gasteiger partial charge is 0.182 e. The number of benzene rings is 1. The Kier molecular flexibility index (Phi) is 5.94. The van der Waals surface area contributed by atoms with Crippen LogP contribution in [-0.2, 0) is 0 Å². The van der Waals surface area contributed by atoms with Gasteiger partial charge in [0.25, 0.3) is 0 Å². The molecule has 0 aliphatic heterocycles. The third-order valence-electron chi connectivity index (χ3n) is 2.07. The van der Waals surface area contributed by atoms with E-state index in [4.69, 9.17) is 16.8 Å². The number of hydrogen-bond acceptors (Lipinski definition) is 6. The zero-order valence-electron chi connectivity index (χ0n) is 10.5. The number of aryl methyl sites for hydroxylation is 1. The maximum absolute atomic E-state index is 9.04. The molecule has 0 aliphatic carbocycles. The molecule has 0 aliphatic rings. The highest BCUT2D eigenvalue weighted by molar-refractivity contribution is 6.33. The van der Waals surface area contributed by atoms with E-state index in [-0.39, 0.29) is 5.84 Å². The number of amidine groups is 1. The van der Waals surface area contributed by atoms with E-state index in [0.29, 0.717) is 22.1 Å². The van der Waals surface area contributed by atoms with Gasteiger partial charge >= 0.3 is 0 Å². The highest BCUT2D eigenvalue weighted by Crippen LogP contribution is 2.24. The molecule has 1 aromatic carbocycles. The Balaban J connectivity index is 0.000000861. The molecular formula is C11H14ClN5O2. The molecule has 1 heterocycles. The fraction of sp³-hybridized carbons (Fsp3) is 0.182. The monoisotopic (exact) mass is 283 g/mol. The lowest BCUT2D eigenvalue weighted by molar-refractivity contribution is 0.234. The molecule has 8 heteroatoms. The second kappa shape index (κ2) is 7.47. The van der Waals surface area contributed by atoms with Crippen molar-refractivity contribution in [1.82, 2.24) is 15.8 Å². The van der Waals surface area contributed by atoms with Crippen LogP contribution in [0.5, 0.6) is 0 Å². The Morgan fingerprint density at radius 1 is 1.37 bits per heavy atom. The molecule has 0 spiro atoms. The van der Waals surface area contributed by atoms with Crippen LogP contribution in [0.25, 0.3) is 0 Å². The summed E-state index contributed by atoms with van der Waals surface area (Å²) in [6, 6.07) is 6.98. The van der Waals surface area contributed by atoms with Gasteiger partial charge in [-0.1, -0.05) is 28.9 Å². The number of hydrogen-bond donors (Lipinski definition) is 3. The Hall–Kier alpha value is -1.96. The van der Waals surface area contributed by atoms with E-state index in [1.807, 2.05) is 5.48 Å². The van der Waals surface area contributed by atoms with Gasteiger partial charge in [-0.05, 0) is 31.3 Å². The Bertz CT molecular complexity index is 556. The van der Waals surface area contributed by atoms with Gasteiger partial charge in [0.15, 0.2) is 11.5 Å². The molecule has 19 heavy (non-hydrogen) atoms. The lowest BCUT2D eigenvalue weighted by Gasteiger charge is -2.02. The molecule has 0 bridgehead atoms. The van der Waals surface area contributed by atoms with Gasteiger partial charge in [0, 0.05) is 0 Å². The lowest BCUT2D eigenvalue weighted by Crippen LogP contribution is -2.21. The molecular weight excluding hydrogens is 270 g/mol. The second-order valence-electron chi connectivity index (χ2n) is 3.22. The number of para-hydroxylation sites is 1. The highest BCUT2D eigenvalue weighted by atomic mass is 35.5. The predicted octanol–water partition coefficient (Wildman–Crippen LogP) is 1.66. The molecule has 0 saturated heterocycles. The normalized spacial score (nSPS) is 10.7. The third kappa shape index (κ3) is 3.75.